The maximum absolute atomic E-state index is 6.21. The summed E-state index contributed by atoms with van der Waals surface area (Å²) in [6.45, 7) is 6.86. The molecule has 0 aromatic heterocycles. The van der Waals surface area contributed by atoms with Gasteiger partial charge >= 0.3 is 0 Å². The van der Waals surface area contributed by atoms with Gasteiger partial charge in [0.2, 0.25) is 7.65 Å². The predicted octanol–water partition coefficient (Wildman–Crippen LogP) is 3.69. The summed E-state index contributed by atoms with van der Waals surface area (Å²) in [6, 6.07) is 0. The van der Waals surface area contributed by atoms with Crippen molar-refractivity contribution in [3.63, 3.8) is 0 Å². The molecule has 4 nitrogen and oxygen atoms in total. The number of rotatable bonds is 2. The van der Waals surface area contributed by atoms with Crippen LogP contribution in [0.3, 0.4) is 0 Å². The zero-order valence-corrected chi connectivity index (χ0v) is 12.5. The van der Waals surface area contributed by atoms with Gasteiger partial charge in [-0.2, -0.15) is 0 Å². The lowest BCUT2D eigenvalue weighted by molar-refractivity contribution is 0.0215. The molecule has 94 valence electrons. The normalized spacial score (nSPS) is 41.1. The zero-order valence-electron chi connectivity index (χ0n) is 9.23. The van der Waals surface area contributed by atoms with Crippen LogP contribution in [0.1, 0.15) is 13.8 Å². The first-order valence-electron chi connectivity index (χ1n) is 5.12. The number of halogens is 2. The molecule has 2 aliphatic heterocycles. The van der Waals surface area contributed by atoms with Crippen molar-refractivity contribution in [1.29, 1.82) is 0 Å². The van der Waals surface area contributed by atoms with Gasteiger partial charge in [0.25, 0.3) is 7.73 Å². The van der Waals surface area contributed by atoms with Crippen LogP contribution in [-0.2, 0) is 13.6 Å². The van der Waals surface area contributed by atoms with E-state index < -0.39 is 15.4 Å². The van der Waals surface area contributed by atoms with Gasteiger partial charge in [0.05, 0.1) is 25.4 Å². The van der Waals surface area contributed by atoms with Crippen molar-refractivity contribution in [2.75, 3.05) is 26.4 Å². The largest absolute Gasteiger partial charge is 0.329 e. The van der Waals surface area contributed by atoms with Gasteiger partial charge in [-0.3, -0.25) is 0 Å². The Morgan fingerprint density at radius 2 is 1.75 bits per heavy atom. The fourth-order valence-corrected chi connectivity index (χ4v) is 5.05. The highest BCUT2D eigenvalue weighted by molar-refractivity contribution is 7.78. The molecule has 2 rings (SSSR count). The summed E-state index contributed by atoms with van der Waals surface area (Å²) in [5.74, 6) is 0.529. The summed E-state index contributed by atoms with van der Waals surface area (Å²) in [7, 11) is -2.27. The molecule has 0 aromatic rings. The van der Waals surface area contributed by atoms with Crippen LogP contribution >= 0.6 is 37.9 Å². The number of nitrogens with zero attached hydrogens (tertiary/aromatic N) is 1. The summed E-state index contributed by atoms with van der Waals surface area (Å²) in [5.41, 5.74) is -0.231. The molecule has 0 saturated carbocycles. The van der Waals surface area contributed by atoms with Crippen LogP contribution in [0.5, 0.6) is 0 Å². The Balaban J connectivity index is 2.06. The van der Waals surface area contributed by atoms with Crippen molar-refractivity contribution in [3.05, 3.63) is 0 Å². The first kappa shape index (κ1) is 13.7. The van der Waals surface area contributed by atoms with Crippen LogP contribution in [0, 0.1) is 5.92 Å². The van der Waals surface area contributed by atoms with Crippen LogP contribution < -0.4 is 0 Å². The molecule has 0 bridgehead atoms. The van der Waals surface area contributed by atoms with Crippen LogP contribution in [0.15, 0.2) is 0 Å². The maximum Gasteiger partial charge on any atom is 0.276 e. The van der Waals surface area contributed by atoms with E-state index in [1.165, 1.54) is 0 Å². The molecule has 16 heavy (non-hydrogen) atoms. The lowest BCUT2D eigenvalue weighted by Gasteiger charge is -2.40. The molecule has 2 aliphatic rings. The Labute approximate surface area is 108 Å². The van der Waals surface area contributed by atoms with Gasteiger partial charge in [0.1, 0.15) is 0 Å². The lowest BCUT2D eigenvalue weighted by Crippen LogP contribution is -2.53. The molecular weight excluding hydrogens is 291 g/mol. The standard InChI is InChI=1S/C8H15Cl2NO3P2/c1-7(2)3-11-8(4-12-15(11)9)5-13-16(10)14-6-8/h7H,3-6H2,1-2H3. The van der Waals surface area contributed by atoms with Gasteiger partial charge in [0, 0.05) is 6.54 Å². The third-order valence-electron chi connectivity index (χ3n) is 2.58. The van der Waals surface area contributed by atoms with Crippen LogP contribution in [0.2, 0.25) is 0 Å². The second kappa shape index (κ2) is 5.50. The van der Waals surface area contributed by atoms with E-state index in [1.54, 1.807) is 0 Å². The van der Waals surface area contributed by atoms with Gasteiger partial charge < -0.3 is 13.6 Å². The van der Waals surface area contributed by atoms with Gasteiger partial charge in [-0.1, -0.05) is 13.8 Å². The zero-order chi connectivity index (χ0) is 11.8. The second-order valence-corrected chi connectivity index (χ2v) is 8.29. The Kier molecular flexibility index (Phi) is 4.71. The molecule has 0 aliphatic carbocycles. The van der Waals surface area contributed by atoms with Gasteiger partial charge in [0.15, 0.2) is 0 Å². The molecule has 1 unspecified atom stereocenters. The average Bonchev–Trinajstić information content (AvgIpc) is 2.52. The van der Waals surface area contributed by atoms with Crippen molar-refractivity contribution in [3.8, 4) is 0 Å². The van der Waals surface area contributed by atoms with Gasteiger partial charge in [-0.25, -0.2) is 4.67 Å². The summed E-state index contributed by atoms with van der Waals surface area (Å²) in [4.78, 5) is 0. The minimum Gasteiger partial charge on any atom is -0.329 e. The van der Waals surface area contributed by atoms with Crippen molar-refractivity contribution in [2.45, 2.75) is 19.4 Å². The van der Waals surface area contributed by atoms with Gasteiger partial charge in [-0.05, 0) is 28.4 Å². The van der Waals surface area contributed by atoms with E-state index in [-0.39, 0.29) is 5.54 Å². The lowest BCUT2D eigenvalue weighted by atomic mass is 10.0. The summed E-state index contributed by atoms with van der Waals surface area (Å²) < 4.78 is 18.6. The molecule has 0 N–H and O–H groups in total. The van der Waals surface area contributed by atoms with E-state index in [1.807, 2.05) is 0 Å². The van der Waals surface area contributed by atoms with Crippen LogP contribution in [0.25, 0.3) is 0 Å². The van der Waals surface area contributed by atoms with E-state index >= 15 is 0 Å². The quantitative estimate of drug-likeness (QED) is 0.728. The Morgan fingerprint density at radius 1 is 1.19 bits per heavy atom. The third kappa shape index (κ3) is 2.81. The Morgan fingerprint density at radius 3 is 2.31 bits per heavy atom. The van der Waals surface area contributed by atoms with E-state index in [0.717, 1.165) is 6.54 Å². The fourth-order valence-electron chi connectivity index (χ4n) is 1.74. The van der Waals surface area contributed by atoms with Crippen LogP contribution in [0.4, 0.5) is 0 Å². The summed E-state index contributed by atoms with van der Waals surface area (Å²) >= 11 is 12.0. The average molecular weight is 306 g/mol. The molecule has 0 aromatic carbocycles. The van der Waals surface area contributed by atoms with E-state index in [4.69, 9.17) is 36.1 Å². The topological polar surface area (TPSA) is 30.9 Å². The Hall–Kier alpha value is 1.28. The number of hydrogen-bond acceptors (Lipinski definition) is 4. The molecule has 1 atom stereocenters. The molecule has 1 spiro atoms. The summed E-state index contributed by atoms with van der Waals surface area (Å²) in [5, 5.41) is 0. The highest BCUT2D eigenvalue weighted by Gasteiger charge is 2.51. The first-order valence-corrected chi connectivity index (χ1v) is 9.32. The molecule has 2 heterocycles. The van der Waals surface area contributed by atoms with Crippen LogP contribution in [-0.4, -0.2) is 36.6 Å². The highest BCUT2D eigenvalue weighted by atomic mass is 35.7. The van der Waals surface area contributed by atoms with E-state index in [0.29, 0.717) is 25.7 Å². The minimum atomic E-state index is -1.23. The minimum absolute atomic E-state index is 0.231. The first-order chi connectivity index (χ1) is 7.53. The van der Waals surface area contributed by atoms with Crippen molar-refractivity contribution < 1.29 is 13.6 Å². The third-order valence-corrected chi connectivity index (χ3v) is 5.98. The maximum atomic E-state index is 6.21. The Bertz CT molecular complexity index is 251. The van der Waals surface area contributed by atoms with E-state index in [2.05, 4.69) is 18.5 Å². The molecule has 2 fully saturated rings. The smallest absolute Gasteiger partial charge is 0.276 e. The van der Waals surface area contributed by atoms with Crippen molar-refractivity contribution in [1.82, 2.24) is 4.67 Å². The summed E-state index contributed by atoms with van der Waals surface area (Å²) in [6.07, 6.45) is 0. The molecule has 0 radical (unpaired) electrons. The molecule has 8 heteroatoms. The SMILES string of the molecule is CC(C)CN1P(Cl)OCC12COP(Cl)OC2. The molecule has 0 amide bonds. The van der Waals surface area contributed by atoms with E-state index in [9.17, 15) is 0 Å². The highest BCUT2D eigenvalue weighted by Crippen LogP contribution is 2.60. The van der Waals surface area contributed by atoms with Crippen molar-refractivity contribution in [2.24, 2.45) is 5.92 Å². The van der Waals surface area contributed by atoms with Gasteiger partial charge in [-0.15, -0.1) is 0 Å². The predicted molar refractivity (Wildman–Crippen MR) is 67.7 cm³/mol. The molecular formula is C8H15Cl2NO3P2. The fraction of sp³-hybridized carbons (Fsp3) is 1.00. The second-order valence-electron chi connectivity index (χ2n) is 4.46. The van der Waals surface area contributed by atoms with Crippen molar-refractivity contribution >= 4 is 37.9 Å². The monoisotopic (exact) mass is 305 g/mol. The number of hydrogen-bond donors (Lipinski definition) is 0. The molecule has 2 saturated heterocycles.